The number of rotatable bonds is 4. The second kappa shape index (κ2) is 8.96. The molecule has 2 aliphatic heterocycles. The van der Waals surface area contributed by atoms with Crippen molar-refractivity contribution < 1.29 is 14.0 Å². The van der Waals surface area contributed by atoms with Gasteiger partial charge in [0.1, 0.15) is 18.1 Å². The third-order valence-electron chi connectivity index (χ3n) is 6.34. The molecule has 1 saturated carbocycles. The van der Waals surface area contributed by atoms with Crippen LogP contribution in [0.2, 0.25) is 0 Å². The van der Waals surface area contributed by atoms with Crippen LogP contribution in [0.1, 0.15) is 37.7 Å². The third-order valence-corrected chi connectivity index (χ3v) is 6.34. The summed E-state index contributed by atoms with van der Waals surface area (Å²) >= 11 is 0. The van der Waals surface area contributed by atoms with Gasteiger partial charge in [-0.3, -0.25) is 14.9 Å². The molecule has 2 saturated heterocycles. The van der Waals surface area contributed by atoms with Crippen molar-refractivity contribution in [1.82, 2.24) is 20.5 Å². The Morgan fingerprint density at radius 3 is 2.77 bits per heavy atom. The van der Waals surface area contributed by atoms with Crippen LogP contribution >= 0.6 is 0 Å². The van der Waals surface area contributed by atoms with Crippen LogP contribution in [-0.4, -0.2) is 66.3 Å². The molecule has 1 aromatic rings. The van der Waals surface area contributed by atoms with Crippen LogP contribution < -0.4 is 15.5 Å². The van der Waals surface area contributed by atoms with E-state index in [-0.39, 0.29) is 36.4 Å². The molecule has 3 heterocycles. The zero-order valence-corrected chi connectivity index (χ0v) is 16.9. The van der Waals surface area contributed by atoms with Crippen LogP contribution in [0, 0.1) is 17.2 Å². The average Bonchev–Trinajstić information content (AvgIpc) is 2.78. The SMILES string of the molecule is N#Cc1ccc(N2CCN(C(=O)CCC3NC(=O)C4CC(F)CCC4N3)CC2)nc1. The molecule has 4 rings (SSSR count). The molecular formula is C21H27FN6O2. The van der Waals surface area contributed by atoms with E-state index in [9.17, 15) is 14.0 Å². The lowest BCUT2D eigenvalue weighted by molar-refractivity contribution is -0.134. The molecule has 3 fully saturated rings. The minimum Gasteiger partial charge on any atom is -0.353 e. The molecule has 4 atom stereocenters. The molecule has 2 amide bonds. The van der Waals surface area contributed by atoms with Crippen molar-refractivity contribution >= 4 is 17.6 Å². The summed E-state index contributed by atoms with van der Waals surface area (Å²) in [7, 11) is 0. The Morgan fingerprint density at radius 2 is 2.07 bits per heavy atom. The number of hydrogen-bond donors (Lipinski definition) is 2. The van der Waals surface area contributed by atoms with Crippen molar-refractivity contribution in [3.05, 3.63) is 23.9 Å². The fourth-order valence-corrected chi connectivity index (χ4v) is 4.59. The summed E-state index contributed by atoms with van der Waals surface area (Å²) < 4.78 is 13.6. The number of anilines is 1. The summed E-state index contributed by atoms with van der Waals surface area (Å²) in [5.74, 6) is 0.493. The molecule has 8 nitrogen and oxygen atoms in total. The van der Waals surface area contributed by atoms with Crippen molar-refractivity contribution in [2.24, 2.45) is 5.92 Å². The highest BCUT2D eigenvalue weighted by Gasteiger charge is 2.40. The molecule has 0 bridgehead atoms. The number of nitrogens with one attached hydrogen (secondary N) is 2. The van der Waals surface area contributed by atoms with Gasteiger partial charge >= 0.3 is 0 Å². The van der Waals surface area contributed by atoms with Gasteiger partial charge in [-0.25, -0.2) is 9.37 Å². The van der Waals surface area contributed by atoms with Gasteiger partial charge in [0.15, 0.2) is 0 Å². The smallest absolute Gasteiger partial charge is 0.226 e. The summed E-state index contributed by atoms with van der Waals surface area (Å²) in [6, 6.07) is 5.64. The van der Waals surface area contributed by atoms with Gasteiger partial charge in [-0.15, -0.1) is 0 Å². The van der Waals surface area contributed by atoms with E-state index in [4.69, 9.17) is 5.26 Å². The molecule has 0 radical (unpaired) electrons. The predicted octanol–water partition coefficient (Wildman–Crippen LogP) is 0.934. The quantitative estimate of drug-likeness (QED) is 0.760. The predicted molar refractivity (Wildman–Crippen MR) is 108 cm³/mol. The first-order valence-corrected chi connectivity index (χ1v) is 10.6. The van der Waals surface area contributed by atoms with Crippen molar-refractivity contribution in [2.45, 2.75) is 50.5 Å². The van der Waals surface area contributed by atoms with E-state index >= 15 is 0 Å². The first-order valence-electron chi connectivity index (χ1n) is 10.6. The van der Waals surface area contributed by atoms with E-state index in [0.717, 1.165) is 5.82 Å². The van der Waals surface area contributed by atoms with E-state index in [0.29, 0.717) is 57.4 Å². The molecule has 30 heavy (non-hydrogen) atoms. The summed E-state index contributed by atoms with van der Waals surface area (Å²) in [4.78, 5) is 33.2. The molecule has 0 aromatic carbocycles. The number of hydrogen-bond acceptors (Lipinski definition) is 6. The van der Waals surface area contributed by atoms with Crippen molar-refractivity contribution in [2.75, 3.05) is 31.1 Å². The van der Waals surface area contributed by atoms with Crippen molar-refractivity contribution in [3.8, 4) is 6.07 Å². The summed E-state index contributed by atoms with van der Waals surface area (Å²) in [6.07, 6.45) is 2.76. The highest BCUT2D eigenvalue weighted by atomic mass is 19.1. The highest BCUT2D eigenvalue weighted by molar-refractivity contribution is 5.81. The third kappa shape index (κ3) is 4.54. The Kier molecular flexibility index (Phi) is 6.13. The van der Waals surface area contributed by atoms with E-state index in [1.165, 1.54) is 0 Å². The Morgan fingerprint density at radius 1 is 1.27 bits per heavy atom. The number of fused-ring (bicyclic) bond motifs is 1. The Labute approximate surface area is 175 Å². The zero-order chi connectivity index (χ0) is 21.1. The van der Waals surface area contributed by atoms with Crippen LogP contribution in [0.15, 0.2) is 18.3 Å². The molecule has 1 aliphatic carbocycles. The van der Waals surface area contributed by atoms with Crippen molar-refractivity contribution in [3.63, 3.8) is 0 Å². The fourth-order valence-electron chi connectivity index (χ4n) is 4.59. The van der Waals surface area contributed by atoms with E-state index < -0.39 is 6.17 Å². The maximum absolute atomic E-state index is 13.6. The number of carbonyl (C=O) groups is 2. The van der Waals surface area contributed by atoms with Gasteiger partial charge in [0, 0.05) is 44.8 Å². The number of amides is 2. The first kappa shape index (κ1) is 20.5. The minimum absolute atomic E-state index is 0.00863. The topological polar surface area (TPSA) is 101 Å². The molecule has 2 N–H and O–H groups in total. The lowest BCUT2D eigenvalue weighted by atomic mass is 9.81. The number of carbonyl (C=O) groups excluding carboxylic acids is 2. The number of alkyl halides is 1. The number of pyridine rings is 1. The number of piperazine rings is 1. The highest BCUT2D eigenvalue weighted by Crippen LogP contribution is 2.29. The normalized spacial score (nSPS) is 29.0. The van der Waals surface area contributed by atoms with Crippen LogP contribution in [0.25, 0.3) is 0 Å². The van der Waals surface area contributed by atoms with E-state index in [2.05, 4.69) is 26.6 Å². The molecule has 9 heteroatoms. The van der Waals surface area contributed by atoms with E-state index in [1.807, 2.05) is 11.0 Å². The summed E-state index contributed by atoms with van der Waals surface area (Å²) in [5, 5.41) is 15.2. The Bertz CT molecular complexity index is 818. The Hall–Kier alpha value is -2.73. The van der Waals surface area contributed by atoms with Gasteiger partial charge in [-0.1, -0.05) is 0 Å². The second-order valence-corrected chi connectivity index (χ2v) is 8.27. The molecule has 3 aliphatic rings. The standard InChI is InChI=1S/C21H27FN6O2/c22-15-2-3-17-16(11-15)21(30)26-18(25-17)4-6-20(29)28-9-7-27(8-10-28)19-5-1-14(12-23)13-24-19/h1,5,13,15-18,25H,2-4,6-11H2,(H,26,30). The molecule has 1 aromatic heterocycles. The summed E-state index contributed by atoms with van der Waals surface area (Å²) in [5.41, 5.74) is 0.528. The fraction of sp³-hybridized carbons (Fsp3) is 0.619. The van der Waals surface area contributed by atoms with Crippen LogP contribution in [0.4, 0.5) is 10.2 Å². The maximum atomic E-state index is 13.6. The number of aromatic nitrogens is 1. The van der Waals surface area contributed by atoms with Gasteiger partial charge in [0.05, 0.1) is 17.6 Å². The van der Waals surface area contributed by atoms with Crippen LogP contribution in [-0.2, 0) is 9.59 Å². The largest absolute Gasteiger partial charge is 0.353 e. The number of nitrogens with zero attached hydrogens (tertiary/aromatic N) is 4. The zero-order valence-electron chi connectivity index (χ0n) is 16.9. The molecule has 4 unspecified atom stereocenters. The lowest BCUT2D eigenvalue weighted by Gasteiger charge is -2.41. The molecule has 160 valence electrons. The minimum atomic E-state index is -0.893. The van der Waals surface area contributed by atoms with E-state index in [1.54, 1.807) is 12.3 Å². The number of halogens is 1. The number of nitriles is 1. The first-order chi connectivity index (χ1) is 14.5. The lowest BCUT2D eigenvalue weighted by Crippen LogP contribution is -2.63. The Balaban J connectivity index is 1.22. The van der Waals surface area contributed by atoms with Gasteiger partial charge in [-0.05, 0) is 37.8 Å². The van der Waals surface area contributed by atoms with Gasteiger partial charge in [0.25, 0.3) is 0 Å². The average molecular weight is 414 g/mol. The monoisotopic (exact) mass is 414 g/mol. The molecule has 0 spiro atoms. The molecular weight excluding hydrogens is 387 g/mol. The van der Waals surface area contributed by atoms with Crippen LogP contribution in [0.3, 0.4) is 0 Å². The summed E-state index contributed by atoms with van der Waals surface area (Å²) in [6.45, 7) is 2.62. The van der Waals surface area contributed by atoms with Gasteiger partial charge in [-0.2, -0.15) is 5.26 Å². The second-order valence-electron chi connectivity index (χ2n) is 8.27. The van der Waals surface area contributed by atoms with Gasteiger partial charge in [0.2, 0.25) is 11.8 Å². The van der Waals surface area contributed by atoms with Crippen LogP contribution in [0.5, 0.6) is 0 Å². The maximum Gasteiger partial charge on any atom is 0.226 e. The van der Waals surface area contributed by atoms with Crippen molar-refractivity contribution in [1.29, 1.82) is 5.26 Å². The van der Waals surface area contributed by atoms with Gasteiger partial charge < -0.3 is 15.1 Å².